The van der Waals surface area contributed by atoms with E-state index >= 15 is 0 Å². The number of hydrogen-bond donors (Lipinski definition) is 1. The van der Waals surface area contributed by atoms with Crippen molar-refractivity contribution in [1.29, 1.82) is 0 Å². The molecule has 1 aromatic heterocycles. The summed E-state index contributed by atoms with van der Waals surface area (Å²) in [7, 11) is 0. The maximum atomic E-state index is 11.4. The second-order valence-electron chi connectivity index (χ2n) is 4.89. The standard InChI is InChI=1S/C13H19NO2S/c1-3-13(12(15)16)5-6-14(9-13)10(2)11-4-7-17-8-11/h4,7-8,10H,3,5-6,9H2,1-2H3,(H,15,16). The number of rotatable bonds is 4. The van der Waals surface area contributed by atoms with Crippen molar-refractivity contribution in [3.05, 3.63) is 22.4 Å². The summed E-state index contributed by atoms with van der Waals surface area (Å²) in [6.07, 6.45) is 1.49. The first-order valence-corrected chi connectivity index (χ1v) is 7.03. The average Bonchev–Trinajstić information content (AvgIpc) is 2.98. The van der Waals surface area contributed by atoms with E-state index in [-0.39, 0.29) is 0 Å². The third-order valence-electron chi connectivity index (χ3n) is 4.09. The number of likely N-dealkylation sites (tertiary alicyclic amines) is 1. The van der Waals surface area contributed by atoms with Crippen molar-refractivity contribution in [3.63, 3.8) is 0 Å². The van der Waals surface area contributed by atoms with E-state index in [4.69, 9.17) is 0 Å². The lowest BCUT2D eigenvalue weighted by Gasteiger charge is -2.27. The highest BCUT2D eigenvalue weighted by Gasteiger charge is 2.44. The topological polar surface area (TPSA) is 40.5 Å². The molecule has 0 aromatic carbocycles. The molecule has 0 radical (unpaired) electrons. The molecule has 0 bridgehead atoms. The minimum atomic E-state index is -0.639. The third kappa shape index (κ3) is 2.24. The van der Waals surface area contributed by atoms with Gasteiger partial charge in [-0.05, 0) is 48.7 Å². The van der Waals surface area contributed by atoms with E-state index in [0.29, 0.717) is 12.6 Å². The van der Waals surface area contributed by atoms with Gasteiger partial charge >= 0.3 is 5.97 Å². The van der Waals surface area contributed by atoms with Gasteiger partial charge < -0.3 is 5.11 Å². The lowest BCUT2D eigenvalue weighted by Crippen LogP contribution is -2.34. The zero-order valence-electron chi connectivity index (χ0n) is 10.3. The molecule has 3 nitrogen and oxygen atoms in total. The minimum Gasteiger partial charge on any atom is -0.481 e. The van der Waals surface area contributed by atoms with E-state index in [1.54, 1.807) is 11.3 Å². The lowest BCUT2D eigenvalue weighted by molar-refractivity contribution is -0.148. The molecule has 1 aliphatic rings. The van der Waals surface area contributed by atoms with Crippen LogP contribution in [0.15, 0.2) is 16.8 Å². The Morgan fingerprint density at radius 2 is 2.47 bits per heavy atom. The zero-order chi connectivity index (χ0) is 12.5. The molecule has 2 heterocycles. The molecule has 1 saturated heterocycles. The summed E-state index contributed by atoms with van der Waals surface area (Å²) < 4.78 is 0. The van der Waals surface area contributed by atoms with Gasteiger partial charge in [0.2, 0.25) is 0 Å². The van der Waals surface area contributed by atoms with Crippen LogP contribution in [0.4, 0.5) is 0 Å². The second kappa shape index (κ2) is 4.78. The van der Waals surface area contributed by atoms with E-state index in [1.165, 1.54) is 5.56 Å². The lowest BCUT2D eigenvalue weighted by atomic mass is 9.84. The van der Waals surface area contributed by atoms with Crippen LogP contribution in [0.2, 0.25) is 0 Å². The number of nitrogens with zero attached hydrogens (tertiary/aromatic N) is 1. The van der Waals surface area contributed by atoms with Crippen molar-refractivity contribution in [1.82, 2.24) is 4.90 Å². The quantitative estimate of drug-likeness (QED) is 0.896. The van der Waals surface area contributed by atoms with Crippen molar-refractivity contribution >= 4 is 17.3 Å². The summed E-state index contributed by atoms with van der Waals surface area (Å²) >= 11 is 1.70. The summed E-state index contributed by atoms with van der Waals surface area (Å²) in [5.74, 6) is -0.639. The van der Waals surface area contributed by atoms with Crippen LogP contribution in [0.3, 0.4) is 0 Å². The van der Waals surface area contributed by atoms with Gasteiger partial charge in [0.25, 0.3) is 0 Å². The number of carboxylic acid groups (broad SMARTS) is 1. The Hall–Kier alpha value is -0.870. The van der Waals surface area contributed by atoms with Crippen LogP contribution < -0.4 is 0 Å². The summed E-state index contributed by atoms with van der Waals surface area (Å²) in [5.41, 5.74) is 0.775. The van der Waals surface area contributed by atoms with Gasteiger partial charge in [0.05, 0.1) is 5.41 Å². The molecule has 2 unspecified atom stereocenters. The summed E-state index contributed by atoms with van der Waals surface area (Å²) in [6.45, 7) is 5.70. The molecular weight excluding hydrogens is 234 g/mol. The van der Waals surface area contributed by atoms with E-state index in [2.05, 4.69) is 28.7 Å². The molecule has 4 heteroatoms. The smallest absolute Gasteiger partial charge is 0.310 e. The Morgan fingerprint density at radius 1 is 1.71 bits per heavy atom. The van der Waals surface area contributed by atoms with Crippen molar-refractivity contribution in [3.8, 4) is 0 Å². The summed E-state index contributed by atoms with van der Waals surface area (Å²) in [4.78, 5) is 13.7. The fourth-order valence-electron chi connectivity index (χ4n) is 2.57. The Bertz CT molecular complexity index is 390. The van der Waals surface area contributed by atoms with Gasteiger partial charge in [0, 0.05) is 12.6 Å². The van der Waals surface area contributed by atoms with Crippen LogP contribution >= 0.6 is 11.3 Å². The largest absolute Gasteiger partial charge is 0.481 e. The molecule has 1 fully saturated rings. The van der Waals surface area contributed by atoms with Crippen LogP contribution in [-0.4, -0.2) is 29.1 Å². The number of carbonyl (C=O) groups is 1. The van der Waals surface area contributed by atoms with E-state index in [0.717, 1.165) is 19.4 Å². The zero-order valence-corrected chi connectivity index (χ0v) is 11.2. The Labute approximate surface area is 106 Å². The van der Waals surface area contributed by atoms with Crippen LogP contribution in [0.5, 0.6) is 0 Å². The third-order valence-corrected chi connectivity index (χ3v) is 4.79. The van der Waals surface area contributed by atoms with E-state index in [9.17, 15) is 9.90 Å². The number of carboxylic acids is 1. The summed E-state index contributed by atoms with van der Waals surface area (Å²) in [5, 5.41) is 13.6. The van der Waals surface area contributed by atoms with E-state index < -0.39 is 11.4 Å². The van der Waals surface area contributed by atoms with Crippen LogP contribution in [0, 0.1) is 5.41 Å². The molecule has 2 rings (SSSR count). The molecule has 1 N–H and O–H groups in total. The molecular formula is C13H19NO2S. The van der Waals surface area contributed by atoms with Crippen molar-refractivity contribution in [2.24, 2.45) is 5.41 Å². The highest BCUT2D eigenvalue weighted by molar-refractivity contribution is 7.07. The maximum absolute atomic E-state index is 11.4. The van der Waals surface area contributed by atoms with Gasteiger partial charge in [-0.1, -0.05) is 6.92 Å². The van der Waals surface area contributed by atoms with E-state index in [1.807, 2.05) is 6.92 Å². The predicted octanol–water partition coefficient (Wildman–Crippen LogP) is 3.00. The molecule has 94 valence electrons. The first-order chi connectivity index (χ1) is 8.09. The maximum Gasteiger partial charge on any atom is 0.310 e. The van der Waals surface area contributed by atoms with Gasteiger partial charge in [-0.15, -0.1) is 0 Å². The molecule has 2 atom stereocenters. The van der Waals surface area contributed by atoms with Crippen LogP contribution in [-0.2, 0) is 4.79 Å². The van der Waals surface area contributed by atoms with Gasteiger partial charge in [-0.2, -0.15) is 11.3 Å². The van der Waals surface area contributed by atoms with Gasteiger partial charge in [-0.3, -0.25) is 9.69 Å². The molecule has 0 amide bonds. The molecule has 0 spiro atoms. The van der Waals surface area contributed by atoms with Crippen molar-refractivity contribution in [2.75, 3.05) is 13.1 Å². The van der Waals surface area contributed by atoms with Gasteiger partial charge in [0.1, 0.15) is 0 Å². The number of hydrogen-bond acceptors (Lipinski definition) is 3. The summed E-state index contributed by atoms with van der Waals surface area (Å²) in [6, 6.07) is 2.45. The highest BCUT2D eigenvalue weighted by atomic mass is 32.1. The number of thiophene rings is 1. The minimum absolute atomic E-state index is 0.328. The van der Waals surface area contributed by atoms with Gasteiger partial charge in [-0.25, -0.2) is 0 Å². The normalized spacial score (nSPS) is 27.2. The first kappa shape index (κ1) is 12.6. The SMILES string of the molecule is CCC1(C(=O)O)CCN(C(C)c2ccsc2)C1. The van der Waals surface area contributed by atoms with Crippen LogP contribution in [0.1, 0.15) is 38.3 Å². The predicted molar refractivity (Wildman–Crippen MR) is 69.3 cm³/mol. The molecule has 17 heavy (non-hydrogen) atoms. The van der Waals surface area contributed by atoms with Gasteiger partial charge in [0.15, 0.2) is 0 Å². The Morgan fingerprint density at radius 3 is 2.94 bits per heavy atom. The van der Waals surface area contributed by atoms with Crippen LogP contribution in [0.25, 0.3) is 0 Å². The fraction of sp³-hybridized carbons (Fsp3) is 0.615. The monoisotopic (exact) mass is 253 g/mol. The molecule has 1 aliphatic heterocycles. The number of aliphatic carboxylic acids is 1. The second-order valence-corrected chi connectivity index (χ2v) is 5.67. The molecule has 0 saturated carbocycles. The fourth-order valence-corrected chi connectivity index (χ4v) is 3.32. The van der Waals surface area contributed by atoms with Crippen molar-refractivity contribution in [2.45, 2.75) is 32.7 Å². The Balaban J connectivity index is 2.09. The Kier molecular flexibility index (Phi) is 3.54. The molecule has 1 aromatic rings. The molecule has 0 aliphatic carbocycles. The first-order valence-electron chi connectivity index (χ1n) is 6.08. The average molecular weight is 253 g/mol. The van der Waals surface area contributed by atoms with Crippen molar-refractivity contribution < 1.29 is 9.90 Å². The highest BCUT2D eigenvalue weighted by Crippen LogP contribution is 2.38.